The van der Waals surface area contributed by atoms with Gasteiger partial charge in [0.05, 0.1) is 0 Å². The Morgan fingerprint density at radius 3 is 2.86 bits per heavy atom. The van der Waals surface area contributed by atoms with Gasteiger partial charge in [-0.1, -0.05) is 23.7 Å². The Hall–Kier alpha value is -1.10. The second-order valence-corrected chi connectivity index (χ2v) is 6.61. The summed E-state index contributed by atoms with van der Waals surface area (Å²) in [6.45, 7) is 3.25. The summed E-state index contributed by atoms with van der Waals surface area (Å²) in [5.74, 6) is 0.256. The summed E-state index contributed by atoms with van der Waals surface area (Å²) in [4.78, 5) is 14.1. The summed E-state index contributed by atoms with van der Waals surface area (Å²) < 4.78 is 5.38. The predicted octanol–water partition coefficient (Wildman–Crippen LogP) is 2.25. The molecule has 1 aromatic carbocycles. The highest BCUT2D eigenvalue weighted by Gasteiger charge is 2.30. The largest absolute Gasteiger partial charge is 0.381 e. The Morgan fingerprint density at radius 2 is 2.09 bits per heavy atom. The molecule has 0 bridgehead atoms. The molecule has 2 aliphatic rings. The van der Waals surface area contributed by atoms with Crippen molar-refractivity contribution < 1.29 is 9.53 Å². The number of hydrogen-bond donors (Lipinski definition) is 1. The van der Waals surface area contributed by atoms with E-state index in [2.05, 4.69) is 11.4 Å². The number of ether oxygens (including phenoxy) is 1. The van der Waals surface area contributed by atoms with E-state index in [-0.39, 0.29) is 11.9 Å². The fourth-order valence-corrected chi connectivity index (χ4v) is 3.47. The van der Waals surface area contributed by atoms with Gasteiger partial charge < -0.3 is 15.0 Å². The summed E-state index contributed by atoms with van der Waals surface area (Å²) in [5.41, 5.74) is 1.18. The highest BCUT2D eigenvalue weighted by molar-refractivity contribution is 6.30. The minimum absolute atomic E-state index is 0.256. The first-order valence-electron chi connectivity index (χ1n) is 8.07. The van der Waals surface area contributed by atoms with E-state index >= 15 is 0 Å². The van der Waals surface area contributed by atoms with E-state index in [1.807, 2.05) is 23.1 Å². The van der Waals surface area contributed by atoms with Crippen LogP contribution in [0, 0.1) is 0 Å². The summed E-state index contributed by atoms with van der Waals surface area (Å²) in [7, 11) is 0. The minimum Gasteiger partial charge on any atom is -0.381 e. The number of benzene rings is 1. The van der Waals surface area contributed by atoms with E-state index in [1.165, 1.54) is 5.56 Å². The molecular weight excluding hydrogens is 300 g/mol. The highest BCUT2D eigenvalue weighted by atomic mass is 35.5. The molecule has 1 atom stereocenters. The second-order valence-electron chi connectivity index (χ2n) is 6.17. The maximum atomic E-state index is 12.1. The molecule has 1 unspecified atom stereocenters. The Morgan fingerprint density at radius 1 is 1.27 bits per heavy atom. The SMILES string of the molecule is O=C1CC(NC2CCOCC2)CN1CCc1cccc(Cl)c1. The van der Waals surface area contributed by atoms with E-state index in [0.717, 1.165) is 50.6 Å². The van der Waals surface area contributed by atoms with Gasteiger partial charge in [0, 0.05) is 49.8 Å². The fourth-order valence-electron chi connectivity index (χ4n) is 3.25. The third-order valence-electron chi connectivity index (χ3n) is 4.47. The van der Waals surface area contributed by atoms with Gasteiger partial charge in [0.1, 0.15) is 0 Å². The van der Waals surface area contributed by atoms with Gasteiger partial charge in [-0.05, 0) is 37.0 Å². The topological polar surface area (TPSA) is 41.6 Å². The van der Waals surface area contributed by atoms with Crippen LogP contribution >= 0.6 is 11.6 Å². The second kappa shape index (κ2) is 7.44. The van der Waals surface area contributed by atoms with Crippen molar-refractivity contribution in [3.8, 4) is 0 Å². The van der Waals surface area contributed by atoms with Gasteiger partial charge in [0.25, 0.3) is 0 Å². The monoisotopic (exact) mass is 322 g/mol. The van der Waals surface area contributed by atoms with Gasteiger partial charge in [0.15, 0.2) is 0 Å². The van der Waals surface area contributed by atoms with E-state index in [1.54, 1.807) is 0 Å². The lowest BCUT2D eigenvalue weighted by Gasteiger charge is -2.26. The summed E-state index contributed by atoms with van der Waals surface area (Å²) >= 11 is 6.00. The van der Waals surface area contributed by atoms with Crippen molar-refractivity contribution in [2.45, 2.75) is 37.8 Å². The molecule has 1 aromatic rings. The average molecular weight is 323 g/mol. The van der Waals surface area contributed by atoms with Crippen molar-refractivity contribution in [3.63, 3.8) is 0 Å². The standard InChI is InChI=1S/C17H23ClN2O2/c18-14-3-1-2-13(10-14)4-7-20-12-16(11-17(20)21)19-15-5-8-22-9-6-15/h1-3,10,15-16,19H,4-9,11-12H2. The lowest BCUT2D eigenvalue weighted by Crippen LogP contribution is -2.43. The molecule has 0 radical (unpaired) electrons. The van der Waals surface area contributed by atoms with Crippen LogP contribution in [0.1, 0.15) is 24.8 Å². The van der Waals surface area contributed by atoms with Gasteiger partial charge in [-0.25, -0.2) is 0 Å². The molecule has 0 aromatic heterocycles. The number of carbonyl (C=O) groups excluding carboxylic acids is 1. The first kappa shape index (κ1) is 15.8. The number of carbonyl (C=O) groups is 1. The molecular formula is C17H23ClN2O2. The summed E-state index contributed by atoms with van der Waals surface area (Å²) in [5, 5.41) is 4.38. The molecule has 2 saturated heterocycles. The maximum Gasteiger partial charge on any atom is 0.224 e. The predicted molar refractivity (Wildman–Crippen MR) is 87.1 cm³/mol. The van der Waals surface area contributed by atoms with Gasteiger partial charge >= 0.3 is 0 Å². The van der Waals surface area contributed by atoms with Crippen molar-refractivity contribution >= 4 is 17.5 Å². The molecule has 5 heteroatoms. The Labute approximate surface area is 136 Å². The van der Waals surface area contributed by atoms with E-state index in [0.29, 0.717) is 12.5 Å². The molecule has 4 nitrogen and oxygen atoms in total. The van der Waals surface area contributed by atoms with Gasteiger partial charge in [0.2, 0.25) is 5.91 Å². The minimum atomic E-state index is 0.256. The molecule has 0 aliphatic carbocycles. The van der Waals surface area contributed by atoms with E-state index in [9.17, 15) is 4.79 Å². The molecule has 2 heterocycles. The molecule has 0 spiro atoms. The molecule has 120 valence electrons. The molecule has 3 rings (SSSR count). The van der Waals surface area contributed by atoms with Crippen LogP contribution in [0.25, 0.3) is 0 Å². The van der Waals surface area contributed by atoms with Gasteiger partial charge in [-0.3, -0.25) is 4.79 Å². The normalized spacial score (nSPS) is 23.2. The van der Waals surface area contributed by atoms with E-state index < -0.39 is 0 Å². The first-order valence-corrected chi connectivity index (χ1v) is 8.44. The van der Waals surface area contributed by atoms with Crippen LogP contribution in [0.4, 0.5) is 0 Å². The maximum absolute atomic E-state index is 12.1. The average Bonchev–Trinajstić information content (AvgIpc) is 2.86. The molecule has 1 N–H and O–H groups in total. The van der Waals surface area contributed by atoms with E-state index in [4.69, 9.17) is 16.3 Å². The van der Waals surface area contributed by atoms with Crippen molar-refractivity contribution in [2.75, 3.05) is 26.3 Å². The molecule has 1 amide bonds. The van der Waals surface area contributed by atoms with Crippen LogP contribution in [0.2, 0.25) is 5.02 Å². The lowest BCUT2D eigenvalue weighted by atomic mass is 10.1. The van der Waals surface area contributed by atoms with Crippen LogP contribution in [-0.4, -0.2) is 49.2 Å². The molecule has 2 fully saturated rings. The zero-order chi connectivity index (χ0) is 15.4. The van der Waals surface area contributed by atoms with Crippen LogP contribution in [0.3, 0.4) is 0 Å². The third-order valence-corrected chi connectivity index (χ3v) is 4.70. The Balaban J connectivity index is 1.47. The zero-order valence-electron chi connectivity index (χ0n) is 12.8. The molecule has 2 aliphatic heterocycles. The lowest BCUT2D eigenvalue weighted by molar-refractivity contribution is -0.127. The number of hydrogen-bond acceptors (Lipinski definition) is 3. The van der Waals surface area contributed by atoms with Crippen molar-refractivity contribution in [1.82, 2.24) is 10.2 Å². The fraction of sp³-hybridized carbons (Fsp3) is 0.588. The smallest absolute Gasteiger partial charge is 0.224 e. The highest BCUT2D eigenvalue weighted by Crippen LogP contribution is 2.17. The van der Waals surface area contributed by atoms with Gasteiger partial charge in [-0.15, -0.1) is 0 Å². The number of rotatable bonds is 5. The summed E-state index contributed by atoms with van der Waals surface area (Å²) in [6, 6.07) is 8.65. The first-order chi connectivity index (χ1) is 10.7. The zero-order valence-corrected chi connectivity index (χ0v) is 13.5. The Bertz CT molecular complexity index is 517. The number of halogens is 1. The number of nitrogens with zero attached hydrogens (tertiary/aromatic N) is 1. The van der Waals surface area contributed by atoms with Crippen LogP contribution in [0.5, 0.6) is 0 Å². The van der Waals surface area contributed by atoms with Crippen molar-refractivity contribution in [1.29, 1.82) is 0 Å². The molecule has 22 heavy (non-hydrogen) atoms. The van der Waals surface area contributed by atoms with Crippen molar-refractivity contribution in [2.24, 2.45) is 0 Å². The number of amides is 1. The van der Waals surface area contributed by atoms with Crippen LogP contribution in [-0.2, 0) is 16.0 Å². The number of nitrogens with one attached hydrogen (secondary N) is 1. The quantitative estimate of drug-likeness (QED) is 0.904. The molecule has 0 saturated carbocycles. The van der Waals surface area contributed by atoms with Gasteiger partial charge in [-0.2, -0.15) is 0 Å². The number of likely N-dealkylation sites (tertiary alicyclic amines) is 1. The van der Waals surface area contributed by atoms with Crippen LogP contribution < -0.4 is 5.32 Å². The van der Waals surface area contributed by atoms with Crippen molar-refractivity contribution in [3.05, 3.63) is 34.9 Å². The Kier molecular flexibility index (Phi) is 5.34. The summed E-state index contributed by atoms with van der Waals surface area (Å²) in [6.07, 6.45) is 3.57. The third kappa shape index (κ3) is 4.22. The van der Waals surface area contributed by atoms with Crippen LogP contribution in [0.15, 0.2) is 24.3 Å².